The monoisotopic (exact) mass is 289 g/mol. The van der Waals surface area contributed by atoms with Gasteiger partial charge in [0, 0.05) is 12.6 Å². The predicted octanol–water partition coefficient (Wildman–Crippen LogP) is 0.412. The minimum atomic E-state index is -0.970. The Morgan fingerprint density at radius 3 is 2.86 bits per heavy atom. The van der Waals surface area contributed by atoms with E-state index in [0.29, 0.717) is 18.7 Å². The van der Waals surface area contributed by atoms with E-state index in [9.17, 15) is 14.4 Å². The van der Waals surface area contributed by atoms with Gasteiger partial charge in [0.25, 0.3) is 5.91 Å². The standard InChI is InChI=1S/C14H15N3O4/c1-9-2-3-10(21-9)4-5-11(18)17-7-6-14(8-17)12(19)15-13(20)16-14/h2-5H,6-8H2,1H3,(H2,15,16,19,20)/b5-4+. The van der Waals surface area contributed by atoms with Gasteiger partial charge in [-0.1, -0.05) is 0 Å². The molecule has 0 aliphatic carbocycles. The van der Waals surface area contributed by atoms with Crippen LogP contribution in [0.25, 0.3) is 6.08 Å². The predicted molar refractivity (Wildman–Crippen MR) is 73.1 cm³/mol. The number of furan rings is 1. The average Bonchev–Trinajstić information content (AvgIpc) is 3.09. The maximum atomic E-state index is 12.1. The number of carbonyl (C=O) groups is 3. The van der Waals surface area contributed by atoms with Crippen molar-refractivity contribution in [3.8, 4) is 0 Å². The van der Waals surface area contributed by atoms with Crippen LogP contribution in [0, 0.1) is 6.92 Å². The summed E-state index contributed by atoms with van der Waals surface area (Å²) in [6.07, 6.45) is 3.42. The number of aryl methyl sites for hydroxylation is 1. The molecule has 1 atom stereocenters. The lowest BCUT2D eigenvalue weighted by molar-refractivity contribution is -0.126. The molecule has 1 aromatic rings. The molecule has 7 heteroatoms. The normalized spacial score (nSPS) is 24.9. The molecule has 2 aliphatic rings. The van der Waals surface area contributed by atoms with Crippen LogP contribution < -0.4 is 10.6 Å². The van der Waals surface area contributed by atoms with Crippen molar-refractivity contribution in [3.63, 3.8) is 0 Å². The number of carbonyl (C=O) groups excluding carboxylic acids is 3. The maximum Gasteiger partial charge on any atom is 0.322 e. The molecule has 0 aromatic carbocycles. The molecule has 2 saturated heterocycles. The van der Waals surface area contributed by atoms with Gasteiger partial charge in [0.15, 0.2) is 0 Å². The summed E-state index contributed by atoms with van der Waals surface area (Å²) in [4.78, 5) is 36.7. The van der Waals surface area contributed by atoms with Gasteiger partial charge in [0.2, 0.25) is 5.91 Å². The average molecular weight is 289 g/mol. The van der Waals surface area contributed by atoms with Gasteiger partial charge in [-0.25, -0.2) is 4.79 Å². The SMILES string of the molecule is Cc1ccc(/C=C/C(=O)N2CCC3(C2)NC(=O)NC3=O)o1. The van der Waals surface area contributed by atoms with Crippen molar-refractivity contribution in [2.45, 2.75) is 18.9 Å². The second kappa shape index (κ2) is 4.76. The largest absolute Gasteiger partial charge is 0.462 e. The summed E-state index contributed by atoms with van der Waals surface area (Å²) in [5.41, 5.74) is -0.970. The van der Waals surface area contributed by atoms with Gasteiger partial charge in [-0.05, 0) is 31.6 Å². The number of nitrogens with one attached hydrogen (secondary N) is 2. The third-order valence-corrected chi connectivity index (χ3v) is 3.75. The van der Waals surface area contributed by atoms with Crippen LogP contribution in [0.3, 0.4) is 0 Å². The first-order valence-electron chi connectivity index (χ1n) is 6.66. The number of hydrogen-bond donors (Lipinski definition) is 2. The second-order valence-electron chi connectivity index (χ2n) is 5.28. The molecule has 3 rings (SSSR count). The molecule has 2 aliphatic heterocycles. The first-order chi connectivity index (χ1) is 9.98. The molecule has 0 saturated carbocycles. The van der Waals surface area contributed by atoms with Crippen molar-refractivity contribution in [1.82, 2.24) is 15.5 Å². The van der Waals surface area contributed by atoms with Gasteiger partial charge in [0.05, 0.1) is 6.54 Å². The van der Waals surface area contributed by atoms with E-state index < -0.39 is 11.6 Å². The van der Waals surface area contributed by atoms with E-state index in [-0.39, 0.29) is 18.4 Å². The first-order valence-corrected chi connectivity index (χ1v) is 6.66. The van der Waals surface area contributed by atoms with Gasteiger partial charge in [-0.2, -0.15) is 0 Å². The molecule has 110 valence electrons. The van der Waals surface area contributed by atoms with Gasteiger partial charge in [0.1, 0.15) is 17.1 Å². The highest BCUT2D eigenvalue weighted by Crippen LogP contribution is 2.24. The third-order valence-electron chi connectivity index (χ3n) is 3.75. The molecule has 1 spiro atoms. The highest BCUT2D eigenvalue weighted by molar-refractivity contribution is 6.08. The number of nitrogens with zero attached hydrogens (tertiary/aromatic N) is 1. The quantitative estimate of drug-likeness (QED) is 0.609. The Morgan fingerprint density at radius 2 is 2.24 bits per heavy atom. The smallest absolute Gasteiger partial charge is 0.322 e. The van der Waals surface area contributed by atoms with Crippen LogP contribution in [-0.4, -0.2) is 41.4 Å². The van der Waals surface area contributed by atoms with Crippen molar-refractivity contribution in [2.75, 3.05) is 13.1 Å². The zero-order valence-corrected chi connectivity index (χ0v) is 11.5. The summed E-state index contributed by atoms with van der Waals surface area (Å²) in [7, 11) is 0. The van der Waals surface area contributed by atoms with Gasteiger partial charge < -0.3 is 14.6 Å². The molecule has 2 fully saturated rings. The minimum absolute atomic E-state index is 0.185. The zero-order chi connectivity index (χ0) is 15.0. The van der Waals surface area contributed by atoms with E-state index in [1.165, 1.54) is 11.0 Å². The first kappa shape index (κ1) is 13.4. The fraction of sp³-hybridized carbons (Fsp3) is 0.357. The lowest BCUT2D eigenvalue weighted by atomic mass is 10.00. The zero-order valence-electron chi connectivity index (χ0n) is 11.5. The Hall–Kier alpha value is -2.57. The van der Waals surface area contributed by atoms with Crippen molar-refractivity contribution in [1.29, 1.82) is 0 Å². The molecule has 1 unspecified atom stereocenters. The second-order valence-corrected chi connectivity index (χ2v) is 5.28. The number of likely N-dealkylation sites (tertiary alicyclic amines) is 1. The van der Waals surface area contributed by atoms with Crippen molar-refractivity contribution < 1.29 is 18.8 Å². The summed E-state index contributed by atoms with van der Waals surface area (Å²) >= 11 is 0. The number of urea groups is 1. The van der Waals surface area contributed by atoms with Crippen molar-refractivity contribution in [3.05, 3.63) is 29.7 Å². The van der Waals surface area contributed by atoms with Crippen LogP contribution in [0.4, 0.5) is 4.79 Å². The summed E-state index contributed by atoms with van der Waals surface area (Å²) in [6.45, 7) is 2.43. The summed E-state index contributed by atoms with van der Waals surface area (Å²) in [5.74, 6) is 0.789. The molecule has 7 nitrogen and oxygen atoms in total. The Bertz CT molecular complexity index is 648. The van der Waals surface area contributed by atoms with Crippen LogP contribution in [0.2, 0.25) is 0 Å². The molecule has 0 bridgehead atoms. The van der Waals surface area contributed by atoms with Crippen molar-refractivity contribution >= 4 is 23.9 Å². The van der Waals surface area contributed by atoms with Gasteiger partial charge >= 0.3 is 6.03 Å². The Labute approximate surface area is 121 Å². The fourth-order valence-electron chi connectivity index (χ4n) is 2.62. The third kappa shape index (κ3) is 2.42. The summed E-state index contributed by atoms with van der Waals surface area (Å²) < 4.78 is 5.34. The van der Waals surface area contributed by atoms with E-state index in [1.807, 2.05) is 13.0 Å². The number of hydrogen-bond acceptors (Lipinski definition) is 4. The van der Waals surface area contributed by atoms with Gasteiger partial charge in [-0.3, -0.25) is 14.9 Å². The molecule has 2 N–H and O–H groups in total. The van der Waals surface area contributed by atoms with E-state index >= 15 is 0 Å². The van der Waals surface area contributed by atoms with E-state index in [1.54, 1.807) is 12.1 Å². The molecule has 4 amide bonds. The summed E-state index contributed by atoms with van der Waals surface area (Å²) in [5, 5.41) is 4.81. The molecular weight excluding hydrogens is 274 g/mol. The van der Waals surface area contributed by atoms with Crippen molar-refractivity contribution in [2.24, 2.45) is 0 Å². The Kier molecular flexibility index (Phi) is 3.04. The Morgan fingerprint density at radius 1 is 1.43 bits per heavy atom. The fourth-order valence-corrected chi connectivity index (χ4v) is 2.62. The van der Waals surface area contributed by atoms with Crippen LogP contribution in [0.15, 0.2) is 22.6 Å². The summed E-state index contributed by atoms with van der Waals surface area (Å²) in [6, 6.07) is 3.08. The molecule has 3 heterocycles. The molecule has 0 radical (unpaired) electrons. The number of imide groups is 1. The van der Waals surface area contributed by atoms with E-state index in [4.69, 9.17) is 4.42 Å². The minimum Gasteiger partial charge on any atom is -0.462 e. The topological polar surface area (TPSA) is 91.7 Å². The Balaban J connectivity index is 1.66. The van der Waals surface area contributed by atoms with Crippen LogP contribution in [-0.2, 0) is 9.59 Å². The highest BCUT2D eigenvalue weighted by Gasteiger charge is 2.51. The molecular formula is C14H15N3O4. The number of rotatable bonds is 2. The number of amides is 4. The van der Waals surface area contributed by atoms with Crippen LogP contribution >= 0.6 is 0 Å². The molecule has 21 heavy (non-hydrogen) atoms. The van der Waals surface area contributed by atoms with Crippen LogP contribution in [0.5, 0.6) is 0 Å². The van der Waals surface area contributed by atoms with E-state index in [0.717, 1.165) is 5.76 Å². The molecule has 1 aromatic heterocycles. The van der Waals surface area contributed by atoms with E-state index in [2.05, 4.69) is 10.6 Å². The maximum absolute atomic E-state index is 12.1. The highest BCUT2D eigenvalue weighted by atomic mass is 16.3. The lowest BCUT2D eigenvalue weighted by Crippen LogP contribution is -2.49. The van der Waals surface area contributed by atoms with Gasteiger partial charge in [-0.15, -0.1) is 0 Å². The lowest BCUT2D eigenvalue weighted by Gasteiger charge is -2.20. The van der Waals surface area contributed by atoms with Crippen LogP contribution in [0.1, 0.15) is 17.9 Å².